The van der Waals surface area contributed by atoms with E-state index in [1.807, 2.05) is 33.7 Å². The molecule has 0 N–H and O–H groups in total. The van der Waals surface area contributed by atoms with Gasteiger partial charge in [-0.2, -0.15) is 31.4 Å². The van der Waals surface area contributed by atoms with E-state index in [9.17, 15) is 4.79 Å². The smallest absolute Gasteiger partial charge is 0.249 e. The Morgan fingerprint density at radius 3 is 1.76 bits per heavy atom. The minimum absolute atomic E-state index is 0.191. The Kier molecular flexibility index (Phi) is 4.23. The normalized spacial score (nSPS) is 9.33. The fourth-order valence-electron chi connectivity index (χ4n) is 1.39. The summed E-state index contributed by atoms with van der Waals surface area (Å²) in [7, 11) is 0. The molecule has 100 valence electrons. The van der Waals surface area contributed by atoms with Gasteiger partial charge in [0, 0.05) is 21.9 Å². The average Bonchev–Trinajstić information content (AvgIpc) is 3.18. The second-order valence-electron chi connectivity index (χ2n) is 3.81. The fourth-order valence-corrected chi connectivity index (χ4v) is 3.03. The topological polar surface area (TPSA) is 42.9 Å². The Morgan fingerprint density at radius 2 is 1.33 bits per heavy atom. The van der Waals surface area contributed by atoms with Gasteiger partial charge < -0.3 is 0 Å². The number of aromatic nitrogens is 2. The maximum atomic E-state index is 12.2. The summed E-state index contributed by atoms with van der Waals surface area (Å²) in [6.45, 7) is 0. The molecule has 3 heterocycles. The quantitative estimate of drug-likeness (QED) is 0.597. The summed E-state index contributed by atoms with van der Waals surface area (Å²) in [6.07, 6.45) is 0. The first kappa shape index (κ1) is 13.7. The van der Waals surface area contributed by atoms with Gasteiger partial charge in [0.05, 0.1) is 11.7 Å². The molecule has 0 aliphatic heterocycles. The van der Waals surface area contributed by atoms with Crippen LogP contribution in [0, 0.1) is 23.7 Å². The van der Waals surface area contributed by atoms with Gasteiger partial charge in [0.2, 0.25) is 5.43 Å². The van der Waals surface area contributed by atoms with Gasteiger partial charge in [-0.25, -0.2) is 0 Å². The minimum atomic E-state index is -0.320. The highest BCUT2D eigenvalue weighted by molar-refractivity contribution is 7.08. The van der Waals surface area contributed by atoms with E-state index < -0.39 is 0 Å². The Bertz CT molecular complexity index is 844. The van der Waals surface area contributed by atoms with Gasteiger partial charge in [-0.1, -0.05) is 11.8 Å². The highest BCUT2D eigenvalue weighted by Crippen LogP contribution is 2.04. The third kappa shape index (κ3) is 3.45. The molecule has 0 amide bonds. The molecule has 3 rings (SSSR count). The molecule has 0 aliphatic carbocycles. The third-order valence-corrected chi connectivity index (χ3v) is 4.28. The van der Waals surface area contributed by atoms with E-state index in [1.54, 1.807) is 22.7 Å². The van der Waals surface area contributed by atoms with Gasteiger partial charge in [-0.3, -0.25) is 4.79 Å². The average molecular weight is 326 g/mol. The lowest BCUT2D eigenvalue weighted by Gasteiger charge is -1.88. The third-order valence-electron chi connectivity index (χ3n) is 2.39. The SMILES string of the molecule is O=c1c(C#Cc2ccsc2)nsnc1C#Cc1ccsc1. The molecule has 6 heteroatoms. The number of rotatable bonds is 0. The van der Waals surface area contributed by atoms with E-state index in [4.69, 9.17) is 0 Å². The van der Waals surface area contributed by atoms with E-state index in [-0.39, 0.29) is 16.8 Å². The van der Waals surface area contributed by atoms with Crippen LogP contribution in [0.5, 0.6) is 0 Å². The van der Waals surface area contributed by atoms with Crippen LogP contribution in [0.4, 0.5) is 0 Å². The van der Waals surface area contributed by atoms with Crippen molar-refractivity contribution in [1.82, 2.24) is 8.75 Å². The highest BCUT2D eigenvalue weighted by atomic mass is 32.1. The van der Waals surface area contributed by atoms with Crippen LogP contribution >= 0.6 is 34.4 Å². The maximum Gasteiger partial charge on any atom is 0.249 e. The lowest BCUT2D eigenvalue weighted by molar-refractivity contribution is 1.28. The van der Waals surface area contributed by atoms with Crippen molar-refractivity contribution in [3.63, 3.8) is 0 Å². The summed E-state index contributed by atoms with van der Waals surface area (Å²) >= 11 is 4.06. The minimum Gasteiger partial charge on any atom is -0.283 e. The van der Waals surface area contributed by atoms with E-state index in [2.05, 4.69) is 32.4 Å². The molecule has 3 aromatic heterocycles. The Balaban J connectivity index is 1.94. The molecule has 0 aliphatic rings. The van der Waals surface area contributed by atoms with Gasteiger partial charge in [-0.15, -0.1) is 0 Å². The molecule has 21 heavy (non-hydrogen) atoms. The van der Waals surface area contributed by atoms with E-state index >= 15 is 0 Å². The van der Waals surface area contributed by atoms with Crippen LogP contribution in [0.15, 0.2) is 38.4 Å². The molecule has 3 aromatic rings. The lowest BCUT2D eigenvalue weighted by Crippen LogP contribution is -2.12. The van der Waals surface area contributed by atoms with Crippen LogP contribution in [0.25, 0.3) is 0 Å². The van der Waals surface area contributed by atoms with E-state index in [0.29, 0.717) is 0 Å². The first-order chi connectivity index (χ1) is 10.3. The van der Waals surface area contributed by atoms with Gasteiger partial charge in [0.25, 0.3) is 0 Å². The van der Waals surface area contributed by atoms with Crippen molar-refractivity contribution >= 4 is 34.4 Å². The van der Waals surface area contributed by atoms with Crippen molar-refractivity contribution in [2.75, 3.05) is 0 Å². The molecule has 0 unspecified atom stereocenters. The van der Waals surface area contributed by atoms with Crippen LogP contribution in [0.3, 0.4) is 0 Å². The predicted molar refractivity (Wildman–Crippen MR) is 86.8 cm³/mol. The molecule has 0 radical (unpaired) electrons. The predicted octanol–water partition coefficient (Wildman–Crippen LogP) is 2.82. The molecular weight excluding hydrogens is 320 g/mol. The van der Waals surface area contributed by atoms with Gasteiger partial charge in [-0.05, 0) is 34.7 Å². The number of hydrogen-bond acceptors (Lipinski definition) is 6. The van der Waals surface area contributed by atoms with Crippen molar-refractivity contribution in [2.45, 2.75) is 0 Å². The maximum absolute atomic E-state index is 12.2. The summed E-state index contributed by atoms with van der Waals surface area (Å²) in [5.41, 5.74) is 1.80. The molecule has 0 bridgehead atoms. The van der Waals surface area contributed by atoms with Crippen molar-refractivity contribution in [3.8, 4) is 23.7 Å². The molecule has 0 spiro atoms. The van der Waals surface area contributed by atoms with Crippen molar-refractivity contribution in [3.05, 3.63) is 66.4 Å². The van der Waals surface area contributed by atoms with E-state index in [0.717, 1.165) is 22.9 Å². The number of nitrogens with zero attached hydrogens (tertiary/aromatic N) is 2. The number of thiophene rings is 2. The first-order valence-electron chi connectivity index (χ1n) is 5.78. The second kappa shape index (κ2) is 6.47. The largest absolute Gasteiger partial charge is 0.283 e. The zero-order valence-corrected chi connectivity index (χ0v) is 12.9. The molecular formula is C15H6N2OS3. The Morgan fingerprint density at radius 1 is 0.810 bits per heavy atom. The zero-order valence-electron chi connectivity index (χ0n) is 10.5. The summed E-state index contributed by atoms with van der Waals surface area (Å²) in [5.74, 6) is 11.4. The molecule has 0 saturated heterocycles. The van der Waals surface area contributed by atoms with Crippen LogP contribution < -0.4 is 5.43 Å². The van der Waals surface area contributed by atoms with Crippen molar-refractivity contribution in [2.24, 2.45) is 0 Å². The van der Waals surface area contributed by atoms with Crippen molar-refractivity contribution in [1.29, 1.82) is 0 Å². The van der Waals surface area contributed by atoms with Crippen LogP contribution in [0.1, 0.15) is 22.5 Å². The van der Waals surface area contributed by atoms with Crippen LogP contribution in [0.2, 0.25) is 0 Å². The lowest BCUT2D eigenvalue weighted by atomic mass is 10.2. The standard InChI is InChI=1S/C15H6N2OS3/c18-15-13(3-1-11-5-7-19-9-11)16-21-17-14(15)4-2-12-6-8-20-10-12/h5-10H. The van der Waals surface area contributed by atoms with Crippen molar-refractivity contribution < 1.29 is 0 Å². The van der Waals surface area contributed by atoms with Gasteiger partial charge in [0.15, 0.2) is 11.4 Å². The van der Waals surface area contributed by atoms with E-state index in [1.165, 1.54) is 0 Å². The molecule has 0 atom stereocenters. The number of hydrogen-bond donors (Lipinski definition) is 0. The molecule has 0 saturated carbocycles. The zero-order chi connectivity index (χ0) is 14.5. The monoisotopic (exact) mass is 326 g/mol. The highest BCUT2D eigenvalue weighted by Gasteiger charge is 2.04. The first-order valence-corrected chi connectivity index (χ1v) is 8.40. The second-order valence-corrected chi connectivity index (χ2v) is 5.90. The summed E-state index contributed by atoms with van der Waals surface area (Å²) < 4.78 is 7.93. The summed E-state index contributed by atoms with van der Waals surface area (Å²) in [5, 5.41) is 7.70. The van der Waals surface area contributed by atoms with Crippen LogP contribution in [-0.4, -0.2) is 8.75 Å². The summed E-state index contributed by atoms with van der Waals surface area (Å²) in [4.78, 5) is 12.2. The molecule has 0 fully saturated rings. The van der Waals surface area contributed by atoms with Gasteiger partial charge >= 0.3 is 0 Å². The molecule has 3 nitrogen and oxygen atoms in total. The van der Waals surface area contributed by atoms with Crippen LogP contribution in [-0.2, 0) is 0 Å². The fraction of sp³-hybridized carbons (Fsp3) is 0. The summed E-state index contributed by atoms with van der Waals surface area (Å²) in [6, 6.07) is 3.79. The van der Waals surface area contributed by atoms with Gasteiger partial charge in [0.1, 0.15) is 0 Å². The molecule has 0 aromatic carbocycles. The Labute approximate surface area is 133 Å². The Hall–Kier alpha value is -2.25.